The number of aromatic hydroxyl groups is 2. The molecule has 0 aromatic heterocycles. The zero-order chi connectivity index (χ0) is 33.8. The van der Waals surface area contributed by atoms with Crippen molar-refractivity contribution >= 4 is 23.3 Å². The fraction of sp³-hybridized carbons (Fsp3) is 0.515. The van der Waals surface area contributed by atoms with Gasteiger partial charge < -0.3 is 45.7 Å². The lowest BCUT2D eigenvalue weighted by atomic mass is 9.72. The van der Waals surface area contributed by atoms with Crippen LogP contribution < -0.4 is 15.8 Å². The summed E-state index contributed by atoms with van der Waals surface area (Å²) in [6.07, 6.45) is -4.95. The smallest absolute Gasteiger partial charge is 0.237 e. The van der Waals surface area contributed by atoms with E-state index in [1.807, 2.05) is 13.8 Å². The van der Waals surface area contributed by atoms with Gasteiger partial charge in [0, 0.05) is 36.0 Å². The standard InChI is InChI=1S/C33H40N2O11/c1-13(2)9-18(34)32(42)35-19-10-22(45-14(3)27(19)37)46-21-12-33(43,15(4)36)11-17-24(21)31(41)26-25(29(17)39)28(38)16-7-6-8-20(44-5)23(16)30(26)40/h6-8,13-14,18-19,21-22,27,37,39,41,43H,9-12,34H2,1-5H3,(H,35,42)/t14-,18?,19-,21-,22-,27+,33-/m0/s1. The number of fused-ring (bicyclic) bond motifs is 3. The average molecular weight is 641 g/mol. The van der Waals surface area contributed by atoms with Crippen molar-refractivity contribution in [2.24, 2.45) is 11.7 Å². The number of phenols is 2. The number of aliphatic hydroxyl groups is 2. The molecule has 46 heavy (non-hydrogen) atoms. The fourth-order valence-electron chi connectivity index (χ4n) is 6.67. The lowest BCUT2D eigenvalue weighted by molar-refractivity contribution is -0.249. The van der Waals surface area contributed by atoms with Gasteiger partial charge in [0.25, 0.3) is 0 Å². The molecule has 7 atom stereocenters. The van der Waals surface area contributed by atoms with E-state index in [-0.39, 0.29) is 40.3 Å². The molecule has 0 saturated carbocycles. The third-order valence-corrected chi connectivity index (χ3v) is 9.14. The number of carbonyl (C=O) groups is 4. The molecule has 7 N–H and O–H groups in total. The molecule has 1 unspecified atom stereocenters. The number of nitrogens with one attached hydrogen (secondary N) is 1. The van der Waals surface area contributed by atoms with Crippen LogP contribution in [-0.2, 0) is 25.5 Å². The van der Waals surface area contributed by atoms with Gasteiger partial charge in [-0.1, -0.05) is 26.0 Å². The van der Waals surface area contributed by atoms with Crippen molar-refractivity contribution in [3.8, 4) is 17.2 Å². The number of Topliss-reactive ketones (excluding diaryl/α,β-unsaturated/α-hetero) is 1. The molecule has 1 heterocycles. The Morgan fingerprint density at radius 2 is 1.80 bits per heavy atom. The Morgan fingerprint density at radius 3 is 2.43 bits per heavy atom. The number of amides is 1. The summed E-state index contributed by atoms with van der Waals surface area (Å²) in [6.45, 7) is 6.59. The predicted octanol–water partition coefficient (Wildman–Crippen LogP) is 1.56. The first-order valence-corrected chi connectivity index (χ1v) is 15.2. The van der Waals surface area contributed by atoms with Gasteiger partial charge in [-0.05, 0) is 32.3 Å². The summed E-state index contributed by atoms with van der Waals surface area (Å²) in [5.41, 5.74) is 2.69. The maximum Gasteiger partial charge on any atom is 0.237 e. The molecule has 1 fully saturated rings. The van der Waals surface area contributed by atoms with Crippen LogP contribution in [0.3, 0.4) is 0 Å². The van der Waals surface area contributed by atoms with Crippen molar-refractivity contribution < 1.29 is 53.8 Å². The van der Waals surface area contributed by atoms with Crippen molar-refractivity contribution in [2.75, 3.05) is 7.11 Å². The van der Waals surface area contributed by atoms with Gasteiger partial charge in [-0.3, -0.25) is 19.2 Å². The number of hydrogen-bond donors (Lipinski definition) is 6. The molecule has 0 spiro atoms. The molecule has 0 bridgehead atoms. The minimum Gasteiger partial charge on any atom is -0.507 e. The number of carbonyl (C=O) groups excluding carboxylic acids is 4. The Hall–Kier alpha value is -3.88. The van der Waals surface area contributed by atoms with Crippen LogP contribution in [-0.4, -0.2) is 87.0 Å². The van der Waals surface area contributed by atoms with Gasteiger partial charge in [-0.15, -0.1) is 0 Å². The minimum atomic E-state index is -2.07. The van der Waals surface area contributed by atoms with Crippen LogP contribution in [0.1, 0.15) is 96.0 Å². The largest absolute Gasteiger partial charge is 0.507 e. The first-order valence-electron chi connectivity index (χ1n) is 15.2. The van der Waals surface area contributed by atoms with Crippen LogP contribution in [0.2, 0.25) is 0 Å². The van der Waals surface area contributed by atoms with E-state index in [0.717, 1.165) is 6.92 Å². The lowest BCUT2D eigenvalue weighted by Crippen LogP contribution is -2.58. The van der Waals surface area contributed by atoms with E-state index in [9.17, 15) is 39.6 Å². The second-order valence-corrected chi connectivity index (χ2v) is 12.8. The van der Waals surface area contributed by atoms with E-state index in [0.29, 0.717) is 6.42 Å². The van der Waals surface area contributed by atoms with Crippen molar-refractivity contribution in [1.29, 1.82) is 0 Å². The Kier molecular flexibility index (Phi) is 9.01. The topological polar surface area (TPSA) is 215 Å². The summed E-state index contributed by atoms with van der Waals surface area (Å²) in [4.78, 5) is 53.0. The second-order valence-electron chi connectivity index (χ2n) is 12.8. The maximum absolute atomic E-state index is 13.8. The summed E-state index contributed by atoms with van der Waals surface area (Å²) < 4.78 is 17.4. The molecule has 13 heteroatoms. The summed E-state index contributed by atoms with van der Waals surface area (Å²) in [5, 5.41) is 48.1. The lowest BCUT2D eigenvalue weighted by Gasteiger charge is -2.43. The first-order chi connectivity index (χ1) is 21.6. The van der Waals surface area contributed by atoms with Crippen LogP contribution in [0.5, 0.6) is 17.2 Å². The first kappa shape index (κ1) is 33.5. The van der Waals surface area contributed by atoms with Gasteiger partial charge in [0.15, 0.2) is 17.9 Å². The van der Waals surface area contributed by atoms with Crippen molar-refractivity contribution in [2.45, 2.75) is 95.7 Å². The van der Waals surface area contributed by atoms with Gasteiger partial charge in [0.05, 0.1) is 48.1 Å². The van der Waals surface area contributed by atoms with E-state index in [1.54, 1.807) is 6.92 Å². The molecule has 2 aliphatic carbocycles. The number of methoxy groups -OCH3 is 1. The predicted molar refractivity (Wildman–Crippen MR) is 162 cm³/mol. The van der Waals surface area contributed by atoms with Crippen molar-refractivity contribution in [1.82, 2.24) is 5.32 Å². The summed E-state index contributed by atoms with van der Waals surface area (Å²) in [6, 6.07) is 2.75. The third-order valence-electron chi connectivity index (χ3n) is 9.14. The SMILES string of the molecule is COc1cccc2c1C(=O)c1c(O)c3c(c(O)c1C2=O)C[C@@](O)(C(C)=O)C[C@@H]3O[C@H]1C[C@H](NC(=O)C(N)CC(C)C)[C@H](O)[C@H](C)O1. The average Bonchev–Trinajstić information content (AvgIpc) is 2.99. The third kappa shape index (κ3) is 5.66. The molecule has 2 aromatic carbocycles. The number of nitrogens with two attached hydrogens (primary N) is 1. The number of phenolic OH excluding ortho intramolecular Hbond substituents is 2. The molecule has 248 valence electrons. The second kappa shape index (κ2) is 12.4. The number of hydrogen-bond acceptors (Lipinski definition) is 12. The highest BCUT2D eigenvalue weighted by atomic mass is 16.7. The van der Waals surface area contributed by atoms with Crippen molar-refractivity contribution in [3.63, 3.8) is 0 Å². The number of ketones is 3. The Labute approximate surface area is 265 Å². The zero-order valence-corrected chi connectivity index (χ0v) is 26.3. The number of aliphatic hydroxyl groups excluding tert-OH is 1. The van der Waals surface area contributed by atoms with Crippen molar-refractivity contribution in [3.05, 3.63) is 51.6 Å². The summed E-state index contributed by atoms with van der Waals surface area (Å²) in [7, 11) is 1.33. The molecule has 1 amide bonds. The van der Waals surface area contributed by atoms with Gasteiger partial charge in [0.2, 0.25) is 11.7 Å². The van der Waals surface area contributed by atoms with Gasteiger partial charge in [-0.25, -0.2) is 0 Å². The van der Waals surface area contributed by atoms with E-state index >= 15 is 0 Å². The Balaban J connectivity index is 1.55. The zero-order valence-electron chi connectivity index (χ0n) is 26.3. The minimum absolute atomic E-state index is 0.0405. The molecule has 5 rings (SSSR count). The van der Waals surface area contributed by atoms with Gasteiger partial charge in [0.1, 0.15) is 29.0 Å². The molecule has 1 aliphatic heterocycles. The molecular formula is C33H40N2O11. The Morgan fingerprint density at radius 1 is 1.13 bits per heavy atom. The van der Waals surface area contributed by atoms with E-state index in [4.69, 9.17) is 19.9 Å². The molecule has 1 saturated heterocycles. The number of rotatable bonds is 8. The highest BCUT2D eigenvalue weighted by molar-refractivity contribution is 6.31. The summed E-state index contributed by atoms with van der Waals surface area (Å²) in [5.74, 6) is -3.70. The molecular weight excluding hydrogens is 600 g/mol. The quantitative estimate of drug-likeness (QED) is 0.194. The molecule has 2 aromatic rings. The molecule has 3 aliphatic rings. The van der Waals surface area contributed by atoms with Crippen LogP contribution in [0.15, 0.2) is 18.2 Å². The van der Waals surface area contributed by atoms with Crippen LogP contribution in [0, 0.1) is 5.92 Å². The highest BCUT2D eigenvalue weighted by Gasteiger charge is 2.49. The van der Waals surface area contributed by atoms with Crippen LogP contribution in [0.4, 0.5) is 0 Å². The maximum atomic E-state index is 13.8. The molecule has 13 nitrogen and oxygen atoms in total. The number of benzene rings is 2. The van der Waals surface area contributed by atoms with E-state index in [1.165, 1.54) is 25.3 Å². The normalized spacial score (nSPS) is 27.8. The van der Waals surface area contributed by atoms with E-state index in [2.05, 4.69) is 5.32 Å². The summed E-state index contributed by atoms with van der Waals surface area (Å²) >= 11 is 0. The highest BCUT2D eigenvalue weighted by Crippen LogP contribution is 2.52. The van der Waals surface area contributed by atoms with Gasteiger partial charge in [-0.2, -0.15) is 0 Å². The van der Waals surface area contributed by atoms with Crippen LogP contribution in [0.25, 0.3) is 0 Å². The monoisotopic (exact) mass is 640 g/mol. The van der Waals surface area contributed by atoms with Crippen LogP contribution >= 0.6 is 0 Å². The molecule has 0 radical (unpaired) electrons. The number of ether oxygens (including phenoxy) is 3. The fourth-order valence-corrected chi connectivity index (χ4v) is 6.67. The van der Waals surface area contributed by atoms with E-state index < -0.39 is 101 Å². The van der Waals surface area contributed by atoms with Gasteiger partial charge >= 0.3 is 0 Å². The Bertz CT molecular complexity index is 1600.